The van der Waals surface area contributed by atoms with Gasteiger partial charge in [0.1, 0.15) is 23.4 Å². The highest BCUT2D eigenvalue weighted by Crippen LogP contribution is 2.49. The third-order valence-electron chi connectivity index (χ3n) is 7.93. The van der Waals surface area contributed by atoms with Gasteiger partial charge in [-0.25, -0.2) is 19.3 Å². The highest BCUT2D eigenvalue weighted by molar-refractivity contribution is 5.87. The fourth-order valence-electron chi connectivity index (χ4n) is 5.99. The van der Waals surface area contributed by atoms with Gasteiger partial charge in [0.2, 0.25) is 0 Å². The molecule has 1 aliphatic heterocycles. The fraction of sp³-hybridized carbons (Fsp3) is 0.393. The average molecular weight is 502 g/mol. The van der Waals surface area contributed by atoms with Crippen molar-refractivity contribution in [2.45, 2.75) is 64.0 Å². The number of hydrogen-bond donors (Lipinski definition) is 0. The number of esters is 1. The molecule has 2 aliphatic rings. The van der Waals surface area contributed by atoms with Crippen LogP contribution in [-0.2, 0) is 28.5 Å². The summed E-state index contributed by atoms with van der Waals surface area (Å²) in [4.78, 5) is 38.4. The fourth-order valence-corrected chi connectivity index (χ4v) is 5.99. The highest BCUT2D eigenvalue weighted by atomic mass is 19.1. The lowest BCUT2D eigenvalue weighted by molar-refractivity contribution is -0.148. The standard InChI is InChI=1S/C28H28FN5O3/c1-16-21(29)5-7-23(31-16)24-25(18-4-6-22-20(14-18)26(36)33(3)15-30-22)34-13-12-28(27(34)32-24)10-8-19(9-11-28)37-17(2)35/h4-7,14-15,19H,8-13H2,1-3H3/t19-,28+. The van der Waals surface area contributed by atoms with Gasteiger partial charge < -0.3 is 13.9 Å². The molecule has 1 saturated carbocycles. The Bertz CT molecular complexity index is 1610. The van der Waals surface area contributed by atoms with Gasteiger partial charge in [-0.05, 0) is 63.3 Å². The third-order valence-corrected chi connectivity index (χ3v) is 7.93. The Kier molecular flexibility index (Phi) is 5.47. The monoisotopic (exact) mass is 501 g/mol. The molecule has 1 spiro atoms. The molecular weight excluding hydrogens is 473 g/mol. The molecule has 1 aliphatic carbocycles. The molecule has 37 heavy (non-hydrogen) atoms. The molecular formula is C28H28FN5O3. The van der Waals surface area contributed by atoms with Crippen LogP contribution >= 0.6 is 0 Å². The summed E-state index contributed by atoms with van der Waals surface area (Å²) in [5, 5.41) is 0.529. The van der Waals surface area contributed by atoms with Crippen LogP contribution in [0.3, 0.4) is 0 Å². The lowest BCUT2D eigenvalue weighted by Gasteiger charge is -2.35. The number of carbonyl (C=O) groups is 1. The summed E-state index contributed by atoms with van der Waals surface area (Å²) in [5.41, 5.74) is 3.70. The molecule has 9 heteroatoms. The lowest BCUT2D eigenvalue weighted by Crippen LogP contribution is -2.34. The zero-order chi connectivity index (χ0) is 25.9. The number of carbonyl (C=O) groups excluding carboxylic acids is 1. The summed E-state index contributed by atoms with van der Waals surface area (Å²) in [6.45, 7) is 3.87. The summed E-state index contributed by atoms with van der Waals surface area (Å²) in [6.07, 6.45) is 5.75. The van der Waals surface area contributed by atoms with Crippen LogP contribution in [0.1, 0.15) is 50.5 Å². The summed E-state index contributed by atoms with van der Waals surface area (Å²) in [6, 6.07) is 8.77. The van der Waals surface area contributed by atoms with Gasteiger partial charge in [-0.2, -0.15) is 0 Å². The van der Waals surface area contributed by atoms with Gasteiger partial charge in [0, 0.05) is 31.5 Å². The van der Waals surface area contributed by atoms with E-state index in [9.17, 15) is 14.0 Å². The molecule has 0 radical (unpaired) electrons. The summed E-state index contributed by atoms with van der Waals surface area (Å²) >= 11 is 0. The van der Waals surface area contributed by atoms with E-state index in [-0.39, 0.29) is 28.9 Å². The zero-order valence-electron chi connectivity index (χ0n) is 21.1. The number of pyridine rings is 1. The molecule has 3 aromatic heterocycles. The first-order valence-corrected chi connectivity index (χ1v) is 12.6. The van der Waals surface area contributed by atoms with Crippen LogP contribution in [0.25, 0.3) is 33.5 Å². The maximum Gasteiger partial charge on any atom is 0.302 e. The highest BCUT2D eigenvalue weighted by Gasteiger charge is 2.46. The van der Waals surface area contributed by atoms with Crippen LogP contribution in [0.4, 0.5) is 4.39 Å². The van der Waals surface area contributed by atoms with Crippen molar-refractivity contribution in [2.24, 2.45) is 7.05 Å². The van der Waals surface area contributed by atoms with Crippen LogP contribution in [0.2, 0.25) is 0 Å². The van der Waals surface area contributed by atoms with Gasteiger partial charge in [0.15, 0.2) is 0 Å². The number of halogens is 1. The van der Waals surface area contributed by atoms with E-state index in [0.29, 0.717) is 28.0 Å². The second-order valence-electron chi connectivity index (χ2n) is 10.3. The second-order valence-corrected chi connectivity index (χ2v) is 10.3. The van der Waals surface area contributed by atoms with E-state index in [1.54, 1.807) is 20.0 Å². The molecule has 4 aromatic rings. The minimum atomic E-state index is -0.363. The number of hydrogen-bond acceptors (Lipinski definition) is 6. The quantitative estimate of drug-likeness (QED) is 0.385. The summed E-state index contributed by atoms with van der Waals surface area (Å²) < 4.78 is 23.3. The van der Waals surface area contributed by atoms with Crippen LogP contribution in [-0.4, -0.2) is 36.2 Å². The Hall–Kier alpha value is -3.88. The first-order chi connectivity index (χ1) is 17.8. The van der Waals surface area contributed by atoms with Crippen molar-refractivity contribution in [1.29, 1.82) is 0 Å². The van der Waals surface area contributed by atoms with Crippen LogP contribution < -0.4 is 5.56 Å². The van der Waals surface area contributed by atoms with Crippen molar-refractivity contribution in [2.75, 3.05) is 0 Å². The Balaban J connectivity index is 1.51. The van der Waals surface area contributed by atoms with Crippen LogP contribution in [0.15, 0.2) is 41.5 Å². The number of ether oxygens (including phenoxy) is 1. The normalized spacial score (nSPS) is 20.9. The average Bonchev–Trinajstić information content (AvgIpc) is 3.42. The van der Waals surface area contributed by atoms with E-state index < -0.39 is 0 Å². The molecule has 0 bridgehead atoms. The van der Waals surface area contributed by atoms with Crippen molar-refractivity contribution < 1.29 is 13.9 Å². The Morgan fingerprint density at radius 2 is 1.92 bits per heavy atom. The van der Waals surface area contributed by atoms with E-state index in [0.717, 1.165) is 55.7 Å². The van der Waals surface area contributed by atoms with Gasteiger partial charge in [-0.1, -0.05) is 6.07 Å². The van der Waals surface area contributed by atoms with Crippen molar-refractivity contribution in [3.05, 3.63) is 64.3 Å². The molecule has 1 aromatic carbocycles. The van der Waals surface area contributed by atoms with Crippen molar-refractivity contribution in [3.63, 3.8) is 0 Å². The third kappa shape index (κ3) is 3.84. The molecule has 8 nitrogen and oxygen atoms in total. The van der Waals surface area contributed by atoms with Gasteiger partial charge in [-0.3, -0.25) is 9.59 Å². The maximum absolute atomic E-state index is 14.1. The summed E-state index contributed by atoms with van der Waals surface area (Å²) in [7, 11) is 1.69. The van der Waals surface area contributed by atoms with E-state index in [2.05, 4.69) is 14.5 Å². The molecule has 190 valence electrons. The van der Waals surface area contributed by atoms with Gasteiger partial charge >= 0.3 is 5.97 Å². The second kappa shape index (κ2) is 8.61. The molecule has 1 fully saturated rings. The zero-order valence-corrected chi connectivity index (χ0v) is 21.1. The Morgan fingerprint density at radius 1 is 1.14 bits per heavy atom. The number of aromatic nitrogens is 5. The maximum atomic E-state index is 14.1. The molecule has 0 N–H and O–H groups in total. The van der Waals surface area contributed by atoms with Crippen molar-refractivity contribution >= 4 is 16.9 Å². The predicted molar refractivity (Wildman–Crippen MR) is 136 cm³/mol. The van der Waals surface area contributed by atoms with Gasteiger partial charge in [-0.15, -0.1) is 0 Å². The first kappa shape index (κ1) is 23.5. The largest absolute Gasteiger partial charge is 0.463 e. The molecule has 0 amide bonds. The number of benzene rings is 1. The smallest absolute Gasteiger partial charge is 0.302 e. The number of imidazole rings is 1. The van der Waals surface area contributed by atoms with Crippen molar-refractivity contribution in [3.8, 4) is 22.6 Å². The number of nitrogens with zero attached hydrogens (tertiary/aromatic N) is 5. The van der Waals surface area contributed by atoms with E-state index in [4.69, 9.17) is 9.72 Å². The minimum absolute atomic E-state index is 0.0586. The molecule has 4 heterocycles. The van der Waals surface area contributed by atoms with E-state index >= 15 is 0 Å². The molecule has 0 atom stereocenters. The first-order valence-electron chi connectivity index (χ1n) is 12.6. The molecule has 6 rings (SSSR count). The van der Waals surface area contributed by atoms with Crippen LogP contribution in [0, 0.1) is 12.7 Å². The SMILES string of the molecule is CC(=O)O[C@H]1CC[C@]2(CCn3c(-c4ccc5ncn(C)c(=O)c5c4)c(-c4ccc(F)c(C)n4)nc32)CC1. The lowest BCUT2D eigenvalue weighted by atomic mass is 9.72. The Morgan fingerprint density at radius 3 is 2.65 bits per heavy atom. The molecule has 0 saturated heterocycles. The summed E-state index contributed by atoms with van der Waals surface area (Å²) in [5.74, 6) is 0.382. The van der Waals surface area contributed by atoms with Crippen LogP contribution in [0.5, 0.6) is 0 Å². The minimum Gasteiger partial charge on any atom is -0.463 e. The molecule has 0 unspecified atom stereocenters. The predicted octanol–water partition coefficient (Wildman–Crippen LogP) is 4.45. The topological polar surface area (TPSA) is 91.9 Å². The number of fused-ring (bicyclic) bond motifs is 3. The van der Waals surface area contributed by atoms with Gasteiger partial charge in [0.05, 0.1) is 34.3 Å². The van der Waals surface area contributed by atoms with E-state index in [1.807, 2.05) is 18.2 Å². The number of rotatable bonds is 3. The Labute approximate surface area is 213 Å². The van der Waals surface area contributed by atoms with E-state index in [1.165, 1.54) is 23.9 Å². The van der Waals surface area contributed by atoms with Crippen molar-refractivity contribution in [1.82, 2.24) is 24.1 Å². The van der Waals surface area contributed by atoms with Gasteiger partial charge in [0.25, 0.3) is 5.56 Å². The number of aryl methyl sites for hydroxylation is 2.